The Bertz CT molecular complexity index is 1090. The SMILES string of the molecule is Cc1ccc(S(=O)(=O)NCCC(=O)Nc2ccc(S(=O)(=O)NC(C)(C)C)cc2)cc1. The average molecular weight is 454 g/mol. The molecule has 2 aromatic carbocycles. The third-order valence-electron chi connectivity index (χ3n) is 3.86. The number of aryl methyl sites for hydroxylation is 1. The van der Waals surface area contributed by atoms with Crippen LogP contribution in [0.3, 0.4) is 0 Å². The largest absolute Gasteiger partial charge is 0.326 e. The summed E-state index contributed by atoms with van der Waals surface area (Å²) in [6.07, 6.45) is -0.0727. The van der Waals surface area contributed by atoms with Gasteiger partial charge in [-0.1, -0.05) is 17.7 Å². The lowest BCUT2D eigenvalue weighted by Crippen LogP contribution is -2.40. The zero-order chi connectivity index (χ0) is 22.6. The molecule has 0 radical (unpaired) electrons. The summed E-state index contributed by atoms with van der Waals surface area (Å²) in [5.41, 5.74) is 0.745. The van der Waals surface area contributed by atoms with Crippen molar-refractivity contribution in [2.24, 2.45) is 0 Å². The van der Waals surface area contributed by atoms with Crippen molar-refractivity contribution in [2.75, 3.05) is 11.9 Å². The smallest absolute Gasteiger partial charge is 0.241 e. The van der Waals surface area contributed by atoms with Crippen molar-refractivity contribution in [2.45, 2.75) is 49.4 Å². The summed E-state index contributed by atoms with van der Waals surface area (Å²) < 4.78 is 53.9. The zero-order valence-electron chi connectivity index (χ0n) is 17.4. The molecule has 2 aromatic rings. The lowest BCUT2D eigenvalue weighted by Gasteiger charge is -2.20. The van der Waals surface area contributed by atoms with Crippen molar-refractivity contribution in [1.82, 2.24) is 9.44 Å². The highest BCUT2D eigenvalue weighted by atomic mass is 32.2. The molecule has 2 rings (SSSR count). The molecule has 8 nitrogen and oxygen atoms in total. The minimum Gasteiger partial charge on any atom is -0.326 e. The second kappa shape index (κ2) is 9.25. The van der Waals surface area contributed by atoms with Crippen molar-refractivity contribution in [1.29, 1.82) is 0 Å². The molecular formula is C20H27N3O5S2. The molecule has 0 bridgehead atoms. The van der Waals surface area contributed by atoms with Crippen molar-refractivity contribution in [3.63, 3.8) is 0 Å². The fourth-order valence-electron chi connectivity index (χ4n) is 2.50. The molecule has 0 heterocycles. The number of hydrogen-bond donors (Lipinski definition) is 3. The van der Waals surface area contributed by atoms with Gasteiger partial charge < -0.3 is 5.32 Å². The molecule has 30 heavy (non-hydrogen) atoms. The summed E-state index contributed by atoms with van der Waals surface area (Å²) in [6.45, 7) is 7.02. The van der Waals surface area contributed by atoms with Gasteiger partial charge in [-0.2, -0.15) is 0 Å². The van der Waals surface area contributed by atoms with Gasteiger partial charge in [0, 0.05) is 24.2 Å². The van der Waals surface area contributed by atoms with Gasteiger partial charge >= 0.3 is 0 Å². The van der Waals surface area contributed by atoms with Crippen LogP contribution in [0.5, 0.6) is 0 Å². The average Bonchev–Trinajstić information content (AvgIpc) is 2.60. The first kappa shape index (κ1) is 24.0. The van der Waals surface area contributed by atoms with Crippen LogP contribution in [0.2, 0.25) is 0 Å². The molecule has 0 aliphatic carbocycles. The molecule has 0 saturated carbocycles. The van der Waals surface area contributed by atoms with Crippen LogP contribution in [-0.4, -0.2) is 34.8 Å². The van der Waals surface area contributed by atoms with E-state index in [1.807, 2.05) is 6.92 Å². The first-order valence-electron chi connectivity index (χ1n) is 9.29. The van der Waals surface area contributed by atoms with E-state index < -0.39 is 31.5 Å². The Balaban J connectivity index is 1.90. The number of anilines is 1. The van der Waals surface area contributed by atoms with E-state index in [4.69, 9.17) is 0 Å². The van der Waals surface area contributed by atoms with Crippen LogP contribution in [0.4, 0.5) is 5.69 Å². The first-order valence-corrected chi connectivity index (χ1v) is 12.3. The molecule has 0 aliphatic heterocycles. The second-order valence-electron chi connectivity index (χ2n) is 7.89. The predicted octanol–water partition coefficient (Wildman–Crippen LogP) is 2.38. The van der Waals surface area contributed by atoms with Crippen LogP contribution in [0.25, 0.3) is 0 Å². The van der Waals surface area contributed by atoms with Crippen molar-refractivity contribution in [3.8, 4) is 0 Å². The van der Waals surface area contributed by atoms with Gasteiger partial charge in [0.1, 0.15) is 0 Å². The molecule has 164 valence electrons. The van der Waals surface area contributed by atoms with E-state index in [2.05, 4.69) is 14.8 Å². The van der Waals surface area contributed by atoms with E-state index >= 15 is 0 Å². The molecule has 10 heteroatoms. The number of rotatable bonds is 8. The Labute approximate surface area is 178 Å². The van der Waals surface area contributed by atoms with E-state index in [1.54, 1.807) is 32.9 Å². The fourth-order valence-corrected chi connectivity index (χ4v) is 4.95. The van der Waals surface area contributed by atoms with Gasteiger partial charge in [0.2, 0.25) is 26.0 Å². The van der Waals surface area contributed by atoms with Crippen LogP contribution in [0, 0.1) is 6.92 Å². The highest BCUT2D eigenvalue weighted by Gasteiger charge is 2.21. The third-order valence-corrected chi connectivity index (χ3v) is 7.12. The van der Waals surface area contributed by atoms with Gasteiger partial charge in [0.15, 0.2) is 0 Å². The Morgan fingerprint density at radius 3 is 1.87 bits per heavy atom. The highest BCUT2D eigenvalue weighted by Crippen LogP contribution is 2.16. The molecule has 0 spiro atoms. The molecule has 0 fully saturated rings. The maximum Gasteiger partial charge on any atom is 0.241 e. The molecule has 3 N–H and O–H groups in total. The number of carbonyl (C=O) groups is 1. The summed E-state index contributed by atoms with van der Waals surface area (Å²) in [4.78, 5) is 12.3. The van der Waals surface area contributed by atoms with E-state index in [9.17, 15) is 21.6 Å². The van der Waals surface area contributed by atoms with Crippen molar-refractivity contribution in [3.05, 3.63) is 54.1 Å². The standard InChI is InChI=1S/C20H27N3O5S2/c1-15-5-9-17(10-6-15)29(25,26)21-14-13-19(24)22-16-7-11-18(12-8-16)30(27,28)23-20(2,3)4/h5-12,21,23H,13-14H2,1-4H3,(H,22,24). The van der Waals surface area contributed by atoms with Gasteiger partial charge in [-0.25, -0.2) is 26.3 Å². The lowest BCUT2D eigenvalue weighted by atomic mass is 10.1. The van der Waals surface area contributed by atoms with Crippen LogP contribution >= 0.6 is 0 Å². The number of amides is 1. The highest BCUT2D eigenvalue weighted by molar-refractivity contribution is 7.89. The third kappa shape index (κ3) is 7.21. The van der Waals surface area contributed by atoms with E-state index in [0.29, 0.717) is 5.69 Å². The fraction of sp³-hybridized carbons (Fsp3) is 0.350. The van der Waals surface area contributed by atoms with Crippen LogP contribution in [0.15, 0.2) is 58.3 Å². The molecule has 0 atom stereocenters. The Morgan fingerprint density at radius 2 is 1.33 bits per heavy atom. The Morgan fingerprint density at radius 1 is 0.833 bits per heavy atom. The number of nitrogens with one attached hydrogen (secondary N) is 3. The van der Waals surface area contributed by atoms with Gasteiger partial charge in [0.25, 0.3) is 0 Å². The van der Waals surface area contributed by atoms with Crippen molar-refractivity contribution >= 4 is 31.6 Å². The van der Waals surface area contributed by atoms with Crippen LogP contribution in [0.1, 0.15) is 32.8 Å². The van der Waals surface area contributed by atoms with Gasteiger partial charge in [-0.15, -0.1) is 0 Å². The molecular weight excluding hydrogens is 426 g/mol. The minimum atomic E-state index is -3.69. The number of hydrogen-bond acceptors (Lipinski definition) is 5. The van der Waals surface area contributed by atoms with Gasteiger partial charge in [0.05, 0.1) is 9.79 Å². The summed E-state index contributed by atoms with van der Waals surface area (Å²) in [5.74, 6) is -0.398. The van der Waals surface area contributed by atoms with E-state index in [0.717, 1.165) is 5.56 Å². The van der Waals surface area contributed by atoms with Gasteiger partial charge in [-0.05, 0) is 64.1 Å². The Kier molecular flexibility index (Phi) is 7.40. The molecule has 0 aromatic heterocycles. The Hall–Kier alpha value is -2.27. The van der Waals surface area contributed by atoms with E-state index in [1.165, 1.54) is 36.4 Å². The monoisotopic (exact) mass is 453 g/mol. The predicted molar refractivity (Wildman–Crippen MR) is 116 cm³/mol. The zero-order valence-corrected chi connectivity index (χ0v) is 19.0. The molecule has 0 unspecified atom stereocenters. The molecule has 1 amide bonds. The first-order chi connectivity index (χ1) is 13.8. The van der Waals surface area contributed by atoms with Crippen LogP contribution in [-0.2, 0) is 24.8 Å². The van der Waals surface area contributed by atoms with Gasteiger partial charge in [-0.3, -0.25) is 4.79 Å². The normalized spacial score (nSPS) is 12.5. The van der Waals surface area contributed by atoms with E-state index in [-0.39, 0.29) is 22.8 Å². The summed E-state index contributed by atoms with van der Waals surface area (Å²) >= 11 is 0. The number of sulfonamides is 2. The quantitative estimate of drug-likeness (QED) is 0.567. The topological polar surface area (TPSA) is 121 Å². The second-order valence-corrected chi connectivity index (χ2v) is 11.3. The summed E-state index contributed by atoms with van der Waals surface area (Å²) in [5, 5.41) is 2.61. The minimum absolute atomic E-state index is 0.0655. The number of benzene rings is 2. The maximum atomic E-state index is 12.3. The van der Waals surface area contributed by atoms with Crippen molar-refractivity contribution < 1.29 is 21.6 Å². The summed E-state index contributed by atoms with van der Waals surface area (Å²) in [6, 6.07) is 12.1. The maximum absolute atomic E-state index is 12.3. The molecule has 0 aliphatic rings. The molecule has 0 saturated heterocycles. The number of carbonyl (C=O) groups excluding carboxylic acids is 1. The lowest BCUT2D eigenvalue weighted by molar-refractivity contribution is -0.116. The summed E-state index contributed by atoms with van der Waals surface area (Å²) in [7, 11) is -7.35. The van der Waals surface area contributed by atoms with Crippen LogP contribution < -0.4 is 14.8 Å².